The van der Waals surface area contributed by atoms with Crippen molar-refractivity contribution in [3.63, 3.8) is 0 Å². The monoisotopic (exact) mass is 239 g/mol. The summed E-state index contributed by atoms with van der Waals surface area (Å²) in [4.78, 5) is 0. The third kappa shape index (κ3) is 1.92. The van der Waals surface area contributed by atoms with E-state index in [1.54, 1.807) is 7.11 Å². The maximum Gasteiger partial charge on any atom is 0.142 e. The standard InChI is InChI=1S/C13H18ClNO/c1-8(2)9-6-10(13(15)4-5-13)12(16-3)11(14)7-9/h6-8H,4-5,15H2,1-3H3. The molecule has 1 fully saturated rings. The minimum absolute atomic E-state index is 0.208. The Kier molecular flexibility index (Phi) is 2.89. The van der Waals surface area contributed by atoms with Gasteiger partial charge in [-0.3, -0.25) is 0 Å². The van der Waals surface area contributed by atoms with Crippen LogP contribution in [0.1, 0.15) is 43.7 Å². The summed E-state index contributed by atoms with van der Waals surface area (Å²) in [5.74, 6) is 1.19. The largest absolute Gasteiger partial charge is 0.495 e. The van der Waals surface area contributed by atoms with E-state index in [1.165, 1.54) is 5.56 Å². The molecule has 3 heteroatoms. The van der Waals surface area contributed by atoms with Crippen molar-refractivity contribution in [1.82, 2.24) is 0 Å². The first kappa shape index (κ1) is 11.7. The van der Waals surface area contributed by atoms with Crippen molar-refractivity contribution in [1.29, 1.82) is 0 Å². The topological polar surface area (TPSA) is 35.2 Å². The Balaban J connectivity index is 2.55. The Morgan fingerprint density at radius 3 is 2.44 bits per heavy atom. The van der Waals surface area contributed by atoms with E-state index in [2.05, 4.69) is 19.9 Å². The van der Waals surface area contributed by atoms with Gasteiger partial charge in [0.1, 0.15) is 5.75 Å². The summed E-state index contributed by atoms with van der Waals surface area (Å²) in [5, 5.41) is 0.667. The van der Waals surface area contributed by atoms with Crippen LogP contribution < -0.4 is 10.5 Å². The fourth-order valence-corrected chi connectivity index (χ4v) is 2.23. The third-order valence-corrected chi connectivity index (χ3v) is 3.54. The van der Waals surface area contributed by atoms with Gasteiger partial charge in [0.2, 0.25) is 0 Å². The lowest BCUT2D eigenvalue weighted by Crippen LogP contribution is -2.20. The molecular formula is C13H18ClNO. The van der Waals surface area contributed by atoms with Gasteiger partial charge in [-0.1, -0.05) is 25.4 Å². The Morgan fingerprint density at radius 2 is 2.00 bits per heavy atom. The molecule has 0 heterocycles. The van der Waals surface area contributed by atoms with Gasteiger partial charge in [0.25, 0.3) is 0 Å². The van der Waals surface area contributed by atoms with Crippen molar-refractivity contribution in [2.75, 3.05) is 7.11 Å². The van der Waals surface area contributed by atoms with Gasteiger partial charge >= 0.3 is 0 Å². The smallest absolute Gasteiger partial charge is 0.142 e. The van der Waals surface area contributed by atoms with Crippen LogP contribution in [0, 0.1) is 0 Å². The van der Waals surface area contributed by atoms with E-state index < -0.39 is 0 Å². The minimum Gasteiger partial charge on any atom is -0.495 e. The van der Waals surface area contributed by atoms with Gasteiger partial charge in [0.15, 0.2) is 0 Å². The zero-order valence-electron chi connectivity index (χ0n) is 10.0. The summed E-state index contributed by atoms with van der Waals surface area (Å²) in [5.41, 5.74) is 8.32. The van der Waals surface area contributed by atoms with Gasteiger partial charge in [-0.15, -0.1) is 0 Å². The van der Waals surface area contributed by atoms with Crippen LogP contribution >= 0.6 is 11.6 Å². The van der Waals surface area contributed by atoms with Crippen LogP contribution in [0.2, 0.25) is 5.02 Å². The lowest BCUT2D eigenvalue weighted by Gasteiger charge is -2.18. The highest BCUT2D eigenvalue weighted by Crippen LogP contribution is 2.49. The van der Waals surface area contributed by atoms with E-state index in [9.17, 15) is 0 Å². The maximum absolute atomic E-state index is 6.24. The van der Waals surface area contributed by atoms with Crippen LogP contribution in [0.25, 0.3) is 0 Å². The maximum atomic E-state index is 6.24. The molecule has 1 aliphatic rings. The molecule has 0 amide bonds. The zero-order valence-corrected chi connectivity index (χ0v) is 10.8. The fourth-order valence-electron chi connectivity index (χ4n) is 1.93. The van der Waals surface area contributed by atoms with Gasteiger partial charge in [0.05, 0.1) is 12.1 Å². The highest BCUT2D eigenvalue weighted by atomic mass is 35.5. The van der Waals surface area contributed by atoms with E-state index in [1.807, 2.05) is 6.07 Å². The molecule has 0 atom stereocenters. The van der Waals surface area contributed by atoms with Gasteiger partial charge in [-0.05, 0) is 36.5 Å². The van der Waals surface area contributed by atoms with Gasteiger partial charge in [-0.25, -0.2) is 0 Å². The number of methoxy groups -OCH3 is 1. The summed E-state index contributed by atoms with van der Waals surface area (Å²) in [7, 11) is 1.64. The second-order valence-corrected chi connectivity index (χ2v) is 5.30. The minimum atomic E-state index is -0.208. The second-order valence-electron chi connectivity index (χ2n) is 4.89. The molecule has 1 saturated carbocycles. The molecule has 1 aliphatic carbocycles. The Bertz CT molecular complexity index is 411. The van der Waals surface area contributed by atoms with Crippen LogP contribution in [0.5, 0.6) is 5.75 Å². The molecule has 0 aliphatic heterocycles. The average molecular weight is 240 g/mol. The highest BCUT2D eigenvalue weighted by molar-refractivity contribution is 6.32. The molecule has 2 nitrogen and oxygen atoms in total. The van der Waals surface area contributed by atoms with Crippen molar-refractivity contribution in [2.45, 2.75) is 38.1 Å². The number of hydrogen-bond donors (Lipinski definition) is 1. The number of rotatable bonds is 3. The first-order chi connectivity index (χ1) is 7.48. The average Bonchev–Trinajstić information content (AvgIpc) is 2.96. The number of halogens is 1. The van der Waals surface area contributed by atoms with Crippen molar-refractivity contribution >= 4 is 11.6 Å². The molecule has 2 N–H and O–H groups in total. The summed E-state index contributed by atoms with van der Waals surface area (Å²) in [6.07, 6.45) is 2.03. The number of ether oxygens (including phenoxy) is 1. The SMILES string of the molecule is COc1c(Cl)cc(C(C)C)cc1C1(N)CC1. The van der Waals surface area contributed by atoms with Crippen molar-refractivity contribution in [2.24, 2.45) is 5.73 Å². The quantitative estimate of drug-likeness (QED) is 0.877. The van der Waals surface area contributed by atoms with Crippen molar-refractivity contribution < 1.29 is 4.74 Å². The number of nitrogens with two attached hydrogens (primary N) is 1. The van der Waals surface area contributed by atoms with E-state index in [0.717, 1.165) is 24.2 Å². The van der Waals surface area contributed by atoms with E-state index in [4.69, 9.17) is 22.1 Å². The molecule has 1 aromatic rings. The molecule has 0 unspecified atom stereocenters. The lowest BCUT2D eigenvalue weighted by atomic mass is 9.96. The lowest BCUT2D eigenvalue weighted by molar-refractivity contribution is 0.404. The summed E-state index contributed by atoms with van der Waals surface area (Å²) < 4.78 is 5.37. The van der Waals surface area contributed by atoms with Crippen LogP contribution in [-0.2, 0) is 5.54 Å². The molecule has 0 spiro atoms. The molecule has 88 valence electrons. The molecule has 0 saturated heterocycles. The molecule has 1 aromatic carbocycles. The normalized spacial score (nSPS) is 17.6. The van der Waals surface area contributed by atoms with Crippen molar-refractivity contribution in [3.8, 4) is 5.75 Å². The molecule has 0 aromatic heterocycles. The van der Waals surface area contributed by atoms with E-state index >= 15 is 0 Å². The summed E-state index contributed by atoms with van der Waals surface area (Å²) in [6, 6.07) is 4.11. The predicted octanol–water partition coefficient (Wildman–Crippen LogP) is 3.42. The van der Waals surface area contributed by atoms with Crippen molar-refractivity contribution in [3.05, 3.63) is 28.3 Å². The highest BCUT2D eigenvalue weighted by Gasteiger charge is 2.43. The third-order valence-electron chi connectivity index (χ3n) is 3.26. The van der Waals surface area contributed by atoms with Crippen LogP contribution in [0.15, 0.2) is 12.1 Å². The summed E-state index contributed by atoms with van der Waals surface area (Å²) in [6.45, 7) is 4.30. The Morgan fingerprint density at radius 1 is 1.38 bits per heavy atom. The van der Waals surface area contributed by atoms with Gasteiger partial charge < -0.3 is 10.5 Å². The molecule has 0 radical (unpaired) electrons. The molecule has 0 bridgehead atoms. The van der Waals surface area contributed by atoms with E-state index in [0.29, 0.717) is 10.9 Å². The number of benzene rings is 1. The first-order valence-electron chi connectivity index (χ1n) is 5.65. The molecule has 16 heavy (non-hydrogen) atoms. The van der Waals surface area contributed by atoms with Crippen LogP contribution in [-0.4, -0.2) is 7.11 Å². The Labute approximate surface area is 102 Å². The van der Waals surface area contributed by atoms with Crippen LogP contribution in [0.4, 0.5) is 0 Å². The van der Waals surface area contributed by atoms with E-state index in [-0.39, 0.29) is 5.54 Å². The number of hydrogen-bond acceptors (Lipinski definition) is 2. The second kappa shape index (κ2) is 3.94. The zero-order chi connectivity index (χ0) is 11.9. The first-order valence-corrected chi connectivity index (χ1v) is 6.02. The Hall–Kier alpha value is -0.730. The molecular weight excluding hydrogens is 222 g/mol. The summed E-state index contributed by atoms with van der Waals surface area (Å²) >= 11 is 6.23. The predicted molar refractivity (Wildman–Crippen MR) is 67.2 cm³/mol. The van der Waals surface area contributed by atoms with Gasteiger partial charge in [0, 0.05) is 11.1 Å². The fraction of sp³-hybridized carbons (Fsp3) is 0.538. The van der Waals surface area contributed by atoms with Crippen LogP contribution in [0.3, 0.4) is 0 Å². The molecule has 2 rings (SSSR count). The van der Waals surface area contributed by atoms with Gasteiger partial charge in [-0.2, -0.15) is 0 Å².